The Labute approximate surface area is 173 Å². The van der Waals surface area contributed by atoms with Crippen molar-refractivity contribution < 1.29 is 9.53 Å². The quantitative estimate of drug-likeness (QED) is 0.528. The number of carbonyl (C=O) groups excluding carboxylic acids is 1. The lowest BCUT2D eigenvalue weighted by molar-refractivity contribution is -0.0241. The smallest absolute Gasteiger partial charge is 0.254 e. The molecule has 0 bridgehead atoms. The first-order chi connectivity index (χ1) is 14.7. The zero-order chi connectivity index (χ0) is 20.5. The van der Waals surface area contributed by atoms with Crippen LogP contribution >= 0.6 is 0 Å². The molecule has 4 aromatic rings. The third kappa shape index (κ3) is 3.33. The van der Waals surface area contributed by atoms with Crippen LogP contribution in [-0.2, 0) is 4.74 Å². The molecule has 3 aromatic heterocycles. The number of hydrogen-bond acceptors (Lipinski definition) is 5. The summed E-state index contributed by atoms with van der Waals surface area (Å²) >= 11 is 0. The highest BCUT2D eigenvalue weighted by Gasteiger charge is 2.29. The van der Waals surface area contributed by atoms with Crippen LogP contribution in [0.25, 0.3) is 16.6 Å². The monoisotopic (exact) mass is 399 g/mol. The predicted molar refractivity (Wildman–Crippen MR) is 112 cm³/mol. The average Bonchev–Trinajstić information content (AvgIpc) is 3.23. The zero-order valence-corrected chi connectivity index (χ0v) is 16.6. The summed E-state index contributed by atoms with van der Waals surface area (Å²) in [5.41, 5.74) is 5.42. The first kappa shape index (κ1) is 18.4. The van der Waals surface area contributed by atoms with Crippen LogP contribution in [0, 0.1) is 6.92 Å². The molecule has 4 heterocycles. The van der Waals surface area contributed by atoms with Gasteiger partial charge in [0.1, 0.15) is 11.8 Å². The van der Waals surface area contributed by atoms with Crippen molar-refractivity contribution in [1.29, 1.82) is 0 Å². The van der Waals surface area contributed by atoms with Crippen molar-refractivity contribution in [2.75, 3.05) is 19.7 Å². The lowest BCUT2D eigenvalue weighted by Gasteiger charge is -2.32. The highest BCUT2D eigenvalue weighted by molar-refractivity contribution is 5.95. The van der Waals surface area contributed by atoms with E-state index in [0.29, 0.717) is 19.7 Å². The maximum absolute atomic E-state index is 13.0. The van der Waals surface area contributed by atoms with Crippen LogP contribution in [0.15, 0.2) is 67.1 Å². The molecule has 0 radical (unpaired) electrons. The van der Waals surface area contributed by atoms with E-state index in [1.165, 1.54) is 0 Å². The normalized spacial score (nSPS) is 16.7. The van der Waals surface area contributed by atoms with Gasteiger partial charge in [0.25, 0.3) is 5.91 Å². The molecular weight excluding hydrogens is 378 g/mol. The van der Waals surface area contributed by atoms with E-state index in [0.717, 1.165) is 33.5 Å². The van der Waals surface area contributed by atoms with E-state index in [4.69, 9.17) is 4.74 Å². The Morgan fingerprint density at radius 1 is 1.07 bits per heavy atom. The van der Waals surface area contributed by atoms with Crippen molar-refractivity contribution in [2.45, 2.75) is 13.0 Å². The van der Waals surface area contributed by atoms with Gasteiger partial charge in [-0.3, -0.25) is 9.78 Å². The number of amides is 1. The molecule has 1 amide bonds. The summed E-state index contributed by atoms with van der Waals surface area (Å²) in [4.78, 5) is 18.9. The van der Waals surface area contributed by atoms with Crippen LogP contribution < -0.4 is 0 Å². The molecular formula is C23H21N5O2. The molecule has 5 rings (SSSR count). The Balaban J connectivity index is 1.41. The SMILES string of the molecule is Cc1ccccc1C(=O)N1CCOC(c2nnn3cc(-c4ccncc4)ccc23)C1. The molecule has 0 aliphatic carbocycles. The van der Waals surface area contributed by atoms with E-state index in [9.17, 15) is 4.79 Å². The van der Waals surface area contributed by atoms with Crippen molar-refractivity contribution in [3.8, 4) is 11.1 Å². The third-order valence-corrected chi connectivity index (χ3v) is 5.49. The fourth-order valence-corrected chi connectivity index (χ4v) is 3.84. The minimum atomic E-state index is -0.309. The standard InChI is InChI=1S/C23H21N5O2/c1-16-4-2-3-5-19(16)23(29)27-12-13-30-21(15-27)22-20-7-6-18(14-28(20)26-25-22)17-8-10-24-11-9-17/h2-11,14,21H,12-13,15H2,1H3. The van der Waals surface area contributed by atoms with Crippen LogP contribution in [-0.4, -0.2) is 50.3 Å². The van der Waals surface area contributed by atoms with Gasteiger partial charge in [0.15, 0.2) is 0 Å². The third-order valence-electron chi connectivity index (χ3n) is 5.49. The Bertz CT molecular complexity index is 1200. The van der Waals surface area contributed by atoms with Gasteiger partial charge in [0, 0.05) is 36.3 Å². The predicted octanol–water partition coefficient (Wildman–Crippen LogP) is 3.31. The van der Waals surface area contributed by atoms with Gasteiger partial charge in [0.05, 0.1) is 18.7 Å². The number of aromatic nitrogens is 4. The molecule has 1 fully saturated rings. The zero-order valence-electron chi connectivity index (χ0n) is 16.6. The molecule has 1 atom stereocenters. The maximum Gasteiger partial charge on any atom is 0.254 e. The molecule has 0 N–H and O–H groups in total. The second-order valence-corrected chi connectivity index (χ2v) is 7.38. The number of aryl methyl sites for hydroxylation is 1. The van der Waals surface area contributed by atoms with Gasteiger partial charge in [-0.2, -0.15) is 0 Å². The summed E-state index contributed by atoms with van der Waals surface area (Å²) in [5.74, 6) is 0.0258. The van der Waals surface area contributed by atoms with Gasteiger partial charge in [-0.15, -0.1) is 5.10 Å². The molecule has 0 saturated carbocycles. The number of benzene rings is 1. The minimum absolute atomic E-state index is 0.0258. The number of nitrogens with zero attached hydrogens (tertiary/aromatic N) is 5. The van der Waals surface area contributed by atoms with Crippen LogP contribution in [0.4, 0.5) is 0 Å². The van der Waals surface area contributed by atoms with Crippen LogP contribution in [0.1, 0.15) is 27.7 Å². The summed E-state index contributed by atoms with van der Waals surface area (Å²) in [7, 11) is 0. The summed E-state index contributed by atoms with van der Waals surface area (Å²) in [6, 6.07) is 15.6. The summed E-state index contributed by atoms with van der Waals surface area (Å²) < 4.78 is 7.73. The molecule has 7 nitrogen and oxygen atoms in total. The molecule has 0 spiro atoms. The van der Waals surface area contributed by atoms with E-state index in [-0.39, 0.29) is 12.0 Å². The number of pyridine rings is 2. The van der Waals surface area contributed by atoms with E-state index in [1.54, 1.807) is 16.9 Å². The second-order valence-electron chi connectivity index (χ2n) is 7.38. The molecule has 1 aromatic carbocycles. The van der Waals surface area contributed by atoms with Crippen LogP contribution in [0.3, 0.4) is 0 Å². The van der Waals surface area contributed by atoms with Gasteiger partial charge in [-0.05, 0) is 42.3 Å². The van der Waals surface area contributed by atoms with Crippen LogP contribution in [0.2, 0.25) is 0 Å². The van der Waals surface area contributed by atoms with Crippen LogP contribution in [0.5, 0.6) is 0 Å². The largest absolute Gasteiger partial charge is 0.368 e. The van der Waals surface area contributed by atoms with Gasteiger partial charge in [-0.1, -0.05) is 29.5 Å². The summed E-state index contributed by atoms with van der Waals surface area (Å²) in [6.07, 6.45) is 5.17. The van der Waals surface area contributed by atoms with Gasteiger partial charge < -0.3 is 9.64 Å². The Morgan fingerprint density at radius 3 is 2.73 bits per heavy atom. The van der Waals surface area contributed by atoms with Gasteiger partial charge >= 0.3 is 0 Å². The van der Waals surface area contributed by atoms with E-state index >= 15 is 0 Å². The molecule has 7 heteroatoms. The number of morpholine rings is 1. The second kappa shape index (κ2) is 7.68. The van der Waals surface area contributed by atoms with Crippen molar-refractivity contribution in [3.05, 3.63) is 83.9 Å². The fourth-order valence-electron chi connectivity index (χ4n) is 3.84. The lowest BCUT2D eigenvalue weighted by Crippen LogP contribution is -2.42. The topological polar surface area (TPSA) is 72.6 Å². The Hall–Kier alpha value is -3.58. The molecule has 30 heavy (non-hydrogen) atoms. The number of hydrogen-bond donors (Lipinski definition) is 0. The minimum Gasteiger partial charge on any atom is -0.368 e. The maximum atomic E-state index is 13.0. The molecule has 150 valence electrons. The van der Waals surface area contributed by atoms with Crippen molar-refractivity contribution in [3.63, 3.8) is 0 Å². The molecule has 1 aliphatic rings. The van der Waals surface area contributed by atoms with Crippen molar-refractivity contribution >= 4 is 11.4 Å². The highest BCUT2D eigenvalue weighted by Crippen LogP contribution is 2.27. The number of carbonyl (C=O) groups is 1. The number of rotatable bonds is 3. The first-order valence-electron chi connectivity index (χ1n) is 9.92. The van der Waals surface area contributed by atoms with E-state index in [2.05, 4.69) is 15.3 Å². The Kier molecular flexibility index (Phi) is 4.72. The summed E-state index contributed by atoms with van der Waals surface area (Å²) in [5, 5.41) is 8.67. The van der Waals surface area contributed by atoms with Gasteiger partial charge in [-0.25, -0.2) is 4.52 Å². The lowest BCUT2D eigenvalue weighted by atomic mass is 10.1. The molecule has 1 unspecified atom stereocenters. The average molecular weight is 399 g/mol. The number of ether oxygens (including phenoxy) is 1. The van der Waals surface area contributed by atoms with Crippen molar-refractivity contribution in [2.24, 2.45) is 0 Å². The van der Waals surface area contributed by atoms with E-state index < -0.39 is 0 Å². The highest BCUT2D eigenvalue weighted by atomic mass is 16.5. The van der Waals surface area contributed by atoms with Crippen molar-refractivity contribution in [1.82, 2.24) is 24.7 Å². The van der Waals surface area contributed by atoms with E-state index in [1.807, 2.05) is 66.6 Å². The Morgan fingerprint density at radius 2 is 1.90 bits per heavy atom. The first-order valence-corrected chi connectivity index (χ1v) is 9.92. The molecule has 1 aliphatic heterocycles. The van der Waals surface area contributed by atoms with Gasteiger partial charge in [0.2, 0.25) is 0 Å². The fraction of sp³-hybridized carbons (Fsp3) is 0.217. The molecule has 1 saturated heterocycles. The number of fused-ring (bicyclic) bond motifs is 1. The summed E-state index contributed by atoms with van der Waals surface area (Å²) in [6.45, 7) is 3.44.